The maximum absolute atomic E-state index is 6.28. The molecule has 11 rings (SSSR count). The van der Waals surface area contributed by atoms with E-state index in [0.29, 0.717) is 0 Å². The van der Waals surface area contributed by atoms with E-state index in [2.05, 4.69) is 223 Å². The molecule has 60 heavy (non-hydrogen) atoms. The minimum atomic E-state index is 0.878. The molecule has 0 N–H and O–H groups in total. The zero-order valence-corrected chi connectivity index (χ0v) is 32.9. The molecular formula is C58H39NO. The lowest BCUT2D eigenvalue weighted by molar-refractivity contribution is 0.632. The fourth-order valence-corrected chi connectivity index (χ4v) is 8.58. The van der Waals surface area contributed by atoms with Crippen LogP contribution in [-0.2, 0) is 0 Å². The van der Waals surface area contributed by atoms with Crippen LogP contribution in [0.25, 0.3) is 88.3 Å². The summed E-state index contributed by atoms with van der Waals surface area (Å²) < 4.78 is 6.28. The van der Waals surface area contributed by atoms with Crippen LogP contribution in [0.2, 0.25) is 0 Å². The number of benzene rings is 10. The molecule has 1 heterocycles. The van der Waals surface area contributed by atoms with Gasteiger partial charge in [-0.15, -0.1) is 0 Å². The highest BCUT2D eigenvalue weighted by Crippen LogP contribution is 2.40. The Labute approximate surface area is 349 Å². The molecule has 0 spiro atoms. The Bertz CT molecular complexity index is 3240. The maximum Gasteiger partial charge on any atom is 0.136 e. The second kappa shape index (κ2) is 15.1. The summed E-state index contributed by atoms with van der Waals surface area (Å²) in [6, 6.07) is 84.8. The number of nitrogens with zero attached hydrogens (tertiary/aromatic N) is 1. The van der Waals surface area contributed by atoms with Crippen LogP contribution in [0.1, 0.15) is 0 Å². The molecule has 0 radical (unpaired) electrons. The maximum atomic E-state index is 6.28. The van der Waals surface area contributed by atoms with E-state index >= 15 is 0 Å². The molecule has 10 aromatic carbocycles. The van der Waals surface area contributed by atoms with Crippen LogP contribution in [0.5, 0.6) is 0 Å². The second-order valence-electron chi connectivity index (χ2n) is 15.3. The third-order valence-corrected chi connectivity index (χ3v) is 11.7. The van der Waals surface area contributed by atoms with Gasteiger partial charge >= 0.3 is 0 Å². The summed E-state index contributed by atoms with van der Waals surface area (Å²) in [5, 5.41) is 6.09. The molecule has 2 heteroatoms. The van der Waals surface area contributed by atoms with Crippen LogP contribution in [0, 0.1) is 0 Å². The van der Waals surface area contributed by atoms with Gasteiger partial charge in [0, 0.05) is 28.0 Å². The standard InChI is InChI=1S/C58H39NO/c1-2-10-40(11-3-1)41-18-20-42(21-19-41)44-28-32-50(33-29-44)59(52-36-37-55-48(38-52)27-26-46-12-4-6-14-53(46)55)51-34-30-45(31-35-51)43-22-24-47(25-23-43)54-15-7-8-16-56(54)58-39-49-13-5-9-17-57(49)60-58/h1-39H. The van der Waals surface area contributed by atoms with Crippen molar-refractivity contribution >= 4 is 49.6 Å². The summed E-state index contributed by atoms with van der Waals surface area (Å²) in [6.45, 7) is 0. The Morgan fingerprint density at radius 1 is 0.267 bits per heavy atom. The molecular weight excluding hydrogens is 727 g/mol. The van der Waals surface area contributed by atoms with E-state index in [0.717, 1.165) is 56.0 Å². The highest BCUT2D eigenvalue weighted by molar-refractivity contribution is 6.08. The van der Waals surface area contributed by atoms with Gasteiger partial charge in [-0.3, -0.25) is 0 Å². The Balaban J connectivity index is 0.921. The van der Waals surface area contributed by atoms with Crippen molar-refractivity contribution in [3.8, 4) is 55.8 Å². The summed E-state index contributed by atoms with van der Waals surface area (Å²) in [4.78, 5) is 2.36. The van der Waals surface area contributed by atoms with Crippen molar-refractivity contribution in [3.05, 3.63) is 237 Å². The van der Waals surface area contributed by atoms with Gasteiger partial charge in [-0.05, 0) is 115 Å². The van der Waals surface area contributed by atoms with E-state index in [9.17, 15) is 0 Å². The van der Waals surface area contributed by atoms with Crippen LogP contribution >= 0.6 is 0 Å². The summed E-state index contributed by atoms with van der Waals surface area (Å²) >= 11 is 0. The van der Waals surface area contributed by atoms with Crippen molar-refractivity contribution in [2.24, 2.45) is 0 Å². The molecule has 11 aromatic rings. The average molecular weight is 766 g/mol. The molecule has 0 aliphatic rings. The van der Waals surface area contributed by atoms with Crippen molar-refractivity contribution in [1.29, 1.82) is 0 Å². The molecule has 0 saturated carbocycles. The molecule has 0 aliphatic carbocycles. The van der Waals surface area contributed by atoms with Gasteiger partial charge in [-0.1, -0.05) is 188 Å². The number of fused-ring (bicyclic) bond motifs is 4. The van der Waals surface area contributed by atoms with Gasteiger partial charge in [-0.25, -0.2) is 0 Å². The second-order valence-corrected chi connectivity index (χ2v) is 15.3. The first kappa shape index (κ1) is 35.2. The van der Waals surface area contributed by atoms with E-state index < -0.39 is 0 Å². The Morgan fingerprint density at radius 3 is 1.35 bits per heavy atom. The van der Waals surface area contributed by atoms with Crippen molar-refractivity contribution in [1.82, 2.24) is 0 Å². The summed E-state index contributed by atoms with van der Waals surface area (Å²) in [6.07, 6.45) is 0. The fraction of sp³-hybridized carbons (Fsp3) is 0. The molecule has 0 aliphatic heterocycles. The van der Waals surface area contributed by atoms with E-state index in [4.69, 9.17) is 4.42 Å². The zero-order valence-electron chi connectivity index (χ0n) is 32.9. The topological polar surface area (TPSA) is 16.4 Å². The Hall–Kier alpha value is -7.94. The smallest absolute Gasteiger partial charge is 0.136 e. The van der Waals surface area contributed by atoms with Gasteiger partial charge in [0.25, 0.3) is 0 Å². The molecule has 0 unspecified atom stereocenters. The van der Waals surface area contributed by atoms with Crippen LogP contribution < -0.4 is 4.90 Å². The summed E-state index contributed by atoms with van der Waals surface area (Å²) in [7, 11) is 0. The molecule has 2 nitrogen and oxygen atoms in total. The Kier molecular flexibility index (Phi) is 8.87. The first-order valence-electron chi connectivity index (χ1n) is 20.5. The van der Waals surface area contributed by atoms with E-state index in [1.165, 1.54) is 49.4 Å². The summed E-state index contributed by atoms with van der Waals surface area (Å²) in [5.41, 5.74) is 14.7. The minimum absolute atomic E-state index is 0.878. The van der Waals surface area contributed by atoms with Crippen LogP contribution in [0.4, 0.5) is 17.1 Å². The summed E-state index contributed by atoms with van der Waals surface area (Å²) in [5.74, 6) is 0.878. The molecule has 0 atom stereocenters. The quantitative estimate of drug-likeness (QED) is 0.143. The van der Waals surface area contributed by atoms with E-state index in [1.807, 2.05) is 18.2 Å². The predicted molar refractivity (Wildman–Crippen MR) is 253 cm³/mol. The zero-order chi connectivity index (χ0) is 39.8. The van der Waals surface area contributed by atoms with Crippen molar-refractivity contribution in [3.63, 3.8) is 0 Å². The van der Waals surface area contributed by atoms with Gasteiger partial charge in [0.05, 0.1) is 0 Å². The van der Waals surface area contributed by atoms with Gasteiger partial charge in [0.1, 0.15) is 11.3 Å². The highest BCUT2D eigenvalue weighted by atomic mass is 16.3. The number of para-hydroxylation sites is 1. The molecule has 282 valence electrons. The van der Waals surface area contributed by atoms with E-state index in [1.54, 1.807) is 0 Å². The average Bonchev–Trinajstić information content (AvgIpc) is 3.77. The molecule has 1 aromatic heterocycles. The number of anilines is 3. The van der Waals surface area contributed by atoms with Gasteiger partial charge < -0.3 is 9.32 Å². The lowest BCUT2D eigenvalue weighted by Gasteiger charge is -2.26. The lowest BCUT2D eigenvalue weighted by atomic mass is 9.95. The third kappa shape index (κ3) is 6.61. The van der Waals surface area contributed by atoms with Crippen molar-refractivity contribution < 1.29 is 4.42 Å². The van der Waals surface area contributed by atoms with Crippen LogP contribution in [-0.4, -0.2) is 0 Å². The molecule has 0 amide bonds. The third-order valence-electron chi connectivity index (χ3n) is 11.7. The number of hydrogen-bond donors (Lipinski definition) is 0. The normalized spacial score (nSPS) is 11.3. The van der Waals surface area contributed by atoms with Crippen molar-refractivity contribution in [2.45, 2.75) is 0 Å². The molecule has 0 bridgehead atoms. The first-order chi connectivity index (χ1) is 29.7. The van der Waals surface area contributed by atoms with E-state index in [-0.39, 0.29) is 0 Å². The molecule has 0 saturated heterocycles. The van der Waals surface area contributed by atoms with Gasteiger partial charge in [-0.2, -0.15) is 0 Å². The number of hydrogen-bond acceptors (Lipinski definition) is 2. The Morgan fingerprint density at radius 2 is 0.717 bits per heavy atom. The van der Waals surface area contributed by atoms with Crippen LogP contribution in [0.15, 0.2) is 241 Å². The largest absolute Gasteiger partial charge is 0.456 e. The van der Waals surface area contributed by atoms with Crippen molar-refractivity contribution in [2.75, 3.05) is 4.90 Å². The SMILES string of the molecule is c1ccc(-c2ccc(-c3ccc(N(c4ccc(-c5ccc(-c6ccccc6-c6cc7ccccc7o6)cc5)cc4)c4ccc5c(ccc6ccccc65)c4)cc3)cc2)cc1. The monoisotopic (exact) mass is 765 g/mol. The first-order valence-corrected chi connectivity index (χ1v) is 20.5. The number of furan rings is 1. The lowest BCUT2D eigenvalue weighted by Crippen LogP contribution is -2.09. The number of rotatable bonds is 8. The molecule has 0 fully saturated rings. The van der Waals surface area contributed by atoms with Gasteiger partial charge in [0.2, 0.25) is 0 Å². The highest BCUT2D eigenvalue weighted by Gasteiger charge is 2.16. The van der Waals surface area contributed by atoms with Crippen LogP contribution in [0.3, 0.4) is 0 Å². The van der Waals surface area contributed by atoms with Gasteiger partial charge in [0.15, 0.2) is 0 Å². The fourth-order valence-electron chi connectivity index (χ4n) is 8.58. The predicted octanol–water partition coefficient (Wildman–Crippen LogP) is 16.5. The minimum Gasteiger partial charge on any atom is -0.456 e.